The van der Waals surface area contributed by atoms with E-state index in [1.807, 2.05) is 24.3 Å². The predicted molar refractivity (Wildman–Crippen MR) is 142 cm³/mol. The Kier molecular flexibility index (Phi) is 9.98. The van der Waals surface area contributed by atoms with Crippen LogP contribution in [0, 0.1) is 22.1 Å². The molecule has 0 bridgehead atoms. The van der Waals surface area contributed by atoms with Crippen LogP contribution in [0.2, 0.25) is 0 Å². The van der Waals surface area contributed by atoms with Crippen LogP contribution in [-0.4, -0.2) is 49.4 Å². The number of benzene rings is 2. The highest BCUT2D eigenvalue weighted by Gasteiger charge is 2.24. The van der Waals surface area contributed by atoms with Crippen molar-refractivity contribution in [2.24, 2.45) is 0 Å². The molecule has 4 N–H and O–H groups in total. The van der Waals surface area contributed by atoms with Gasteiger partial charge in [-0.25, -0.2) is 21.9 Å². The van der Waals surface area contributed by atoms with Gasteiger partial charge in [-0.05, 0) is 71.3 Å². The second-order valence-electron chi connectivity index (χ2n) is 8.56. The van der Waals surface area contributed by atoms with E-state index < -0.39 is 39.7 Å². The number of oxazole rings is 1. The molecule has 0 saturated heterocycles. The Balaban J connectivity index is 1.70. The molecule has 0 radical (unpaired) electrons. The Bertz CT molecular complexity index is 1330. The summed E-state index contributed by atoms with van der Waals surface area (Å²) in [4.78, 5) is 16.8. The molecule has 0 unspecified atom stereocenters. The summed E-state index contributed by atoms with van der Waals surface area (Å²) in [7, 11) is -3.62. The zero-order valence-corrected chi connectivity index (χ0v) is 23.1. The Morgan fingerprint density at radius 2 is 1.86 bits per heavy atom. The number of aliphatic hydroxyl groups is 1. The quantitative estimate of drug-likeness (QED) is 0.222. The number of hydrogen-bond donors (Lipinski definition) is 4. The smallest absolute Gasteiger partial charge is 0.309 e. The third kappa shape index (κ3) is 9.64. The molecular formula is C24H27F2IN4O5S. The zero-order valence-electron chi connectivity index (χ0n) is 20.1. The molecule has 2 atom stereocenters. The van der Waals surface area contributed by atoms with Gasteiger partial charge >= 0.3 is 6.01 Å². The first-order valence-corrected chi connectivity index (χ1v) is 14.2. The topological polar surface area (TPSA) is 134 Å². The number of rotatable bonds is 12. The molecule has 200 valence electrons. The summed E-state index contributed by atoms with van der Waals surface area (Å²) in [6.07, 6.45) is -0.493. The number of aromatic nitrogens is 1. The molecule has 0 aliphatic carbocycles. The molecule has 0 saturated carbocycles. The SMILES string of the molecule is Cc1nc(NS(C)(=O)=O)oc1CC(=O)N[C@@H](Cc1cc(F)cc(F)c1)[C@H](O)CNCc1cccc(I)c1. The minimum absolute atomic E-state index is 0.0389. The maximum atomic E-state index is 13.7. The summed E-state index contributed by atoms with van der Waals surface area (Å²) in [6.45, 7) is 2.12. The maximum Gasteiger partial charge on any atom is 0.309 e. The van der Waals surface area contributed by atoms with E-state index in [-0.39, 0.29) is 36.7 Å². The van der Waals surface area contributed by atoms with E-state index in [0.29, 0.717) is 12.2 Å². The molecule has 1 heterocycles. The Morgan fingerprint density at radius 3 is 2.51 bits per heavy atom. The monoisotopic (exact) mass is 648 g/mol. The molecule has 0 aliphatic rings. The number of aryl methyl sites for hydroxylation is 1. The van der Waals surface area contributed by atoms with Crippen molar-refractivity contribution in [2.75, 3.05) is 17.5 Å². The normalized spacial score (nSPS) is 13.2. The van der Waals surface area contributed by atoms with E-state index in [2.05, 4.69) is 42.9 Å². The summed E-state index contributed by atoms with van der Waals surface area (Å²) in [5, 5.41) is 16.7. The minimum Gasteiger partial charge on any atom is -0.427 e. The maximum absolute atomic E-state index is 13.7. The van der Waals surface area contributed by atoms with Crippen molar-refractivity contribution in [3.63, 3.8) is 0 Å². The van der Waals surface area contributed by atoms with Gasteiger partial charge in [0.2, 0.25) is 15.9 Å². The largest absolute Gasteiger partial charge is 0.427 e. The summed E-state index contributed by atoms with van der Waals surface area (Å²) < 4.78 is 58.8. The van der Waals surface area contributed by atoms with E-state index >= 15 is 0 Å². The van der Waals surface area contributed by atoms with Gasteiger partial charge < -0.3 is 20.2 Å². The number of nitrogens with one attached hydrogen (secondary N) is 3. The van der Waals surface area contributed by atoms with Crippen LogP contribution in [0.15, 0.2) is 46.9 Å². The van der Waals surface area contributed by atoms with Crippen LogP contribution >= 0.6 is 22.6 Å². The molecule has 1 amide bonds. The lowest BCUT2D eigenvalue weighted by atomic mass is 10.00. The van der Waals surface area contributed by atoms with Crippen molar-refractivity contribution in [2.45, 2.75) is 38.5 Å². The lowest BCUT2D eigenvalue weighted by molar-refractivity contribution is -0.122. The number of halogens is 3. The van der Waals surface area contributed by atoms with E-state index in [9.17, 15) is 27.1 Å². The van der Waals surface area contributed by atoms with Crippen LogP contribution in [0.1, 0.15) is 22.6 Å². The summed E-state index contributed by atoms with van der Waals surface area (Å²) in [6, 6.07) is 9.65. The number of aliphatic hydroxyl groups excluding tert-OH is 1. The van der Waals surface area contributed by atoms with E-state index in [4.69, 9.17) is 4.42 Å². The molecule has 3 aromatic rings. The van der Waals surface area contributed by atoms with Gasteiger partial charge in [-0.15, -0.1) is 0 Å². The standard InChI is InChI=1S/C24H27F2IN4O5S/c1-14-22(36-24(29-14)31-37(2,34)35)11-23(33)30-20(9-16-6-17(25)10-18(26)7-16)21(32)13-28-12-15-4-3-5-19(27)8-15/h3-8,10,20-21,28,32H,9,11-13H2,1-2H3,(H,29,31)(H,30,33)/t20-,21+/m0/s1. The van der Waals surface area contributed by atoms with Crippen molar-refractivity contribution in [1.29, 1.82) is 0 Å². The van der Waals surface area contributed by atoms with Crippen molar-refractivity contribution < 1.29 is 31.5 Å². The third-order valence-corrected chi connectivity index (χ3v) is 6.46. The van der Waals surface area contributed by atoms with Crippen LogP contribution < -0.4 is 15.4 Å². The number of amides is 1. The van der Waals surface area contributed by atoms with Crippen molar-refractivity contribution in [1.82, 2.24) is 15.6 Å². The lowest BCUT2D eigenvalue weighted by Gasteiger charge is -2.25. The van der Waals surface area contributed by atoms with Gasteiger partial charge in [0.05, 0.1) is 30.5 Å². The number of sulfonamides is 1. The van der Waals surface area contributed by atoms with Crippen molar-refractivity contribution >= 4 is 44.5 Å². The molecule has 0 aliphatic heterocycles. The van der Waals surface area contributed by atoms with E-state index in [1.165, 1.54) is 0 Å². The molecule has 3 rings (SSSR count). The molecule has 37 heavy (non-hydrogen) atoms. The van der Waals surface area contributed by atoms with Crippen LogP contribution in [-0.2, 0) is 34.2 Å². The number of anilines is 1. The minimum atomic E-state index is -3.62. The average molecular weight is 648 g/mol. The van der Waals surface area contributed by atoms with Crippen molar-refractivity contribution in [3.05, 3.63) is 80.3 Å². The van der Waals surface area contributed by atoms with Gasteiger partial charge in [-0.3, -0.25) is 4.79 Å². The summed E-state index contributed by atoms with van der Waals surface area (Å²) in [5.41, 5.74) is 1.57. The Morgan fingerprint density at radius 1 is 1.16 bits per heavy atom. The second-order valence-corrected chi connectivity index (χ2v) is 11.6. The van der Waals surface area contributed by atoms with Gasteiger partial charge in [0, 0.05) is 22.7 Å². The van der Waals surface area contributed by atoms with Gasteiger partial charge in [-0.1, -0.05) is 12.1 Å². The fourth-order valence-corrected chi connectivity index (χ4v) is 4.63. The fraction of sp³-hybridized carbons (Fsp3) is 0.333. The number of carbonyl (C=O) groups excluding carboxylic acids is 1. The second kappa shape index (κ2) is 12.8. The first kappa shape index (κ1) is 28.9. The molecule has 13 heteroatoms. The lowest BCUT2D eigenvalue weighted by Crippen LogP contribution is -2.49. The van der Waals surface area contributed by atoms with E-state index in [1.54, 1.807) is 6.92 Å². The van der Waals surface area contributed by atoms with Crippen LogP contribution in [0.25, 0.3) is 0 Å². The highest BCUT2D eigenvalue weighted by molar-refractivity contribution is 14.1. The van der Waals surface area contributed by atoms with E-state index in [0.717, 1.165) is 33.6 Å². The zero-order chi connectivity index (χ0) is 27.2. The highest BCUT2D eigenvalue weighted by atomic mass is 127. The van der Waals surface area contributed by atoms with Crippen LogP contribution in [0.5, 0.6) is 0 Å². The third-order valence-electron chi connectivity index (χ3n) is 5.25. The van der Waals surface area contributed by atoms with Gasteiger partial charge in [0.25, 0.3) is 0 Å². The van der Waals surface area contributed by atoms with Gasteiger partial charge in [0.1, 0.15) is 17.4 Å². The summed E-state index contributed by atoms with van der Waals surface area (Å²) >= 11 is 2.20. The number of carbonyl (C=O) groups is 1. The molecule has 1 aromatic heterocycles. The van der Waals surface area contributed by atoms with Gasteiger partial charge in [0.15, 0.2) is 0 Å². The number of hydrogen-bond acceptors (Lipinski definition) is 7. The van der Waals surface area contributed by atoms with Crippen LogP contribution in [0.3, 0.4) is 0 Å². The summed E-state index contributed by atoms with van der Waals surface area (Å²) in [5.74, 6) is -1.96. The molecular weight excluding hydrogens is 621 g/mol. The molecule has 9 nitrogen and oxygen atoms in total. The Labute approximate surface area is 227 Å². The van der Waals surface area contributed by atoms with Crippen LogP contribution in [0.4, 0.5) is 14.8 Å². The van der Waals surface area contributed by atoms with Gasteiger partial charge in [-0.2, -0.15) is 4.98 Å². The number of nitrogens with zero attached hydrogens (tertiary/aromatic N) is 1. The highest BCUT2D eigenvalue weighted by Crippen LogP contribution is 2.17. The van der Waals surface area contributed by atoms with Crippen molar-refractivity contribution in [3.8, 4) is 0 Å². The first-order valence-electron chi connectivity index (χ1n) is 11.2. The predicted octanol–water partition coefficient (Wildman–Crippen LogP) is 2.66. The molecule has 0 fully saturated rings. The average Bonchev–Trinajstić information content (AvgIpc) is 3.09. The fourth-order valence-electron chi connectivity index (χ4n) is 3.62. The molecule has 0 spiro atoms. The Hall–Kier alpha value is -2.62. The first-order chi connectivity index (χ1) is 17.4. The molecule has 2 aromatic carbocycles.